The standard InChI is InChI=1S/C16H16N4O/c1-2-11-7-9-12(10-8-11)21-15-13-5-3-4-6-14(13)18-16(19-15)20-17/h3-10H,2,17H2,1H3,(H,18,19,20). The molecule has 0 aliphatic carbocycles. The van der Waals surface area contributed by atoms with E-state index in [-0.39, 0.29) is 0 Å². The third-order valence-electron chi connectivity index (χ3n) is 3.24. The van der Waals surface area contributed by atoms with Crippen molar-refractivity contribution in [3.8, 4) is 11.6 Å². The van der Waals surface area contributed by atoms with Gasteiger partial charge in [-0.15, -0.1) is 0 Å². The lowest BCUT2D eigenvalue weighted by atomic mass is 10.2. The number of ether oxygens (including phenoxy) is 1. The van der Waals surface area contributed by atoms with E-state index in [4.69, 9.17) is 10.6 Å². The largest absolute Gasteiger partial charge is 0.438 e. The zero-order chi connectivity index (χ0) is 14.7. The van der Waals surface area contributed by atoms with Gasteiger partial charge in [0.15, 0.2) is 0 Å². The molecule has 5 heteroatoms. The minimum atomic E-state index is 0.328. The van der Waals surface area contributed by atoms with Gasteiger partial charge in [0.1, 0.15) is 5.75 Å². The number of para-hydroxylation sites is 1. The van der Waals surface area contributed by atoms with Crippen LogP contribution in [0.25, 0.3) is 10.9 Å². The average molecular weight is 280 g/mol. The molecule has 0 saturated heterocycles. The lowest BCUT2D eigenvalue weighted by Crippen LogP contribution is -2.11. The van der Waals surface area contributed by atoms with Gasteiger partial charge in [-0.05, 0) is 36.2 Å². The number of benzene rings is 2. The van der Waals surface area contributed by atoms with Crippen molar-refractivity contribution in [2.45, 2.75) is 13.3 Å². The monoisotopic (exact) mass is 280 g/mol. The van der Waals surface area contributed by atoms with Crippen LogP contribution in [0.15, 0.2) is 48.5 Å². The van der Waals surface area contributed by atoms with Crippen LogP contribution in [-0.4, -0.2) is 9.97 Å². The highest BCUT2D eigenvalue weighted by atomic mass is 16.5. The molecule has 0 aliphatic rings. The lowest BCUT2D eigenvalue weighted by molar-refractivity contribution is 0.469. The van der Waals surface area contributed by atoms with E-state index in [1.807, 2.05) is 48.5 Å². The number of nitrogen functional groups attached to an aromatic ring is 1. The second-order valence-corrected chi connectivity index (χ2v) is 4.61. The van der Waals surface area contributed by atoms with Gasteiger partial charge >= 0.3 is 0 Å². The minimum Gasteiger partial charge on any atom is -0.438 e. The summed E-state index contributed by atoms with van der Waals surface area (Å²) >= 11 is 0. The molecule has 1 heterocycles. The van der Waals surface area contributed by atoms with E-state index in [9.17, 15) is 0 Å². The second-order valence-electron chi connectivity index (χ2n) is 4.61. The van der Waals surface area contributed by atoms with E-state index < -0.39 is 0 Å². The number of rotatable bonds is 4. The van der Waals surface area contributed by atoms with Gasteiger partial charge in [0.05, 0.1) is 10.9 Å². The van der Waals surface area contributed by atoms with Crippen molar-refractivity contribution in [2.75, 3.05) is 5.43 Å². The van der Waals surface area contributed by atoms with E-state index in [1.165, 1.54) is 5.56 Å². The van der Waals surface area contributed by atoms with Crippen LogP contribution in [-0.2, 0) is 6.42 Å². The van der Waals surface area contributed by atoms with E-state index in [0.29, 0.717) is 11.8 Å². The Hall–Kier alpha value is -2.66. The highest BCUT2D eigenvalue weighted by Crippen LogP contribution is 2.28. The second kappa shape index (κ2) is 5.76. The minimum absolute atomic E-state index is 0.328. The number of fused-ring (bicyclic) bond motifs is 1. The van der Waals surface area contributed by atoms with Gasteiger partial charge in [-0.25, -0.2) is 10.8 Å². The van der Waals surface area contributed by atoms with E-state index in [1.54, 1.807) is 0 Å². The number of nitrogens with one attached hydrogen (secondary N) is 1. The molecule has 2 aromatic carbocycles. The van der Waals surface area contributed by atoms with Crippen molar-refractivity contribution in [1.29, 1.82) is 0 Å². The first-order valence-electron chi connectivity index (χ1n) is 6.80. The summed E-state index contributed by atoms with van der Waals surface area (Å²) in [6, 6.07) is 15.6. The maximum Gasteiger partial charge on any atom is 0.241 e. The fraction of sp³-hybridized carbons (Fsp3) is 0.125. The van der Waals surface area contributed by atoms with Gasteiger partial charge in [-0.2, -0.15) is 4.98 Å². The molecule has 0 amide bonds. The van der Waals surface area contributed by atoms with Crippen molar-refractivity contribution in [1.82, 2.24) is 9.97 Å². The summed E-state index contributed by atoms with van der Waals surface area (Å²) in [6.07, 6.45) is 0.998. The first kappa shape index (κ1) is 13.3. The number of nitrogens with two attached hydrogens (primary N) is 1. The molecule has 3 aromatic rings. The fourth-order valence-electron chi connectivity index (χ4n) is 2.09. The molecular weight excluding hydrogens is 264 g/mol. The lowest BCUT2D eigenvalue weighted by Gasteiger charge is -2.09. The Balaban J connectivity index is 2.01. The first-order chi connectivity index (χ1) is 10.3. The Labute approximate surface area is 122 Å². The number of aromatic nitrogens is 2. The van der Waals surface area contributed by atoms with Crippen LogP contribution in [0.2, 0.25) is 0 Å². The van der Waals surface area contributed by atoms with Gasteiger partial charge in [0.25, 0.3) is 0 Å². The molecule has 0 saturated carbocycles. The van der Waals surface area contributed by atoms with Crippen molar-refractivity contribution >= 4 is 16.9 Å². The van der Waals surface area contributed by atoms with Gasteiger partial charge in [0.2, 0.25) is 11.8 Å². The summed E-state index contributed by atoms with van der Waals surface area (Å²) in [5, 5.41) is 0.844. The Morgan fingerprint density at radius 1 is 1.05 bits per heavy atom. The number of hydrazine groups is 1. The van der Waals surface area contributed by atoms with Crippen LogP contribution in [0.5, 0.6) is 11.6 Å². The highest BCUT2D eigenvalue weighted by Gasteiger charge is 2.09. The Morgan fingerprint density at radius 2 is 1.81 bits per heavy atom. The van der Waals surface area contributed by atoms with Crippen molar-refractivity contribution in [2.24, 2.45) is 5.84 Å². The summed E-state index contributed by atoms with van der Waals surface area (Å²) in [6.45, 7) is 2.12. The predicted molar refractivity (Wildman–Crippen MR) is 83.2 cm³/mol. The predicted octanol–water partition coefficient (Wildman–Crippen LogP) is 3.27. The molecule has 3 rings (SSSR count). The van der Waals surface area contributed by atoms with Crippen LogP contribution >= 0.6 is 0 Å². The summed E-state index contributed by atoms with van der Waals surface area (Å²) in [5.41, 5.74) is 4.50. The number of hydrogen-bond acceptors (Lipinski definition) is 5. The van der Waals surface area contributed by atoms with E-state index in [2.05, 4.69) is 22.3 Å². The molecule has 0 bridgehead atoms. The fourth-order valence-corrected chi connectivity index (χ4v) is 2.09. The van der Waals surface area contributed by atoms with Gasteiger partial charge < -0.3 is 4.74 Å². The zero-order valence-electron chi connectivity index (χ0n) is 11.7. The van der Waals surface area contributed by atoms with Crippen LogP contribution < -0.4 is 16.0 Å². The number of nitrogens with zero attached hydrogens (tertiary/aromatic N) is 2. The number of hydrogen-bond donors (Lipinski definition) is 2. The van der Waals surface area contributed by atoms with Gasteiger partial charge in [-0.1, -0.05) is 31.2 Å². The van der Waals surface area contributed by atoms with Gasteiger partial charge in [-0.3, -0.25) is 5.43 Å². The molecule has 0 unspecified atom stereocenters. The third kappa shape index (κ3) is 2.78. The zero-order valence-corrected chi connectivity index (χ0v) is 11.7. The maximum absolute atomic E-state index is 5.89. The maximum atomic E-state index is 5.89. The molecular formula is C16H16N4O. The molecule has 0 spiro atoms. The third-order valence-corrected chi connectivity index (χ3v) is 3.24. The quantitative estimate of drug-likeness (QED) is 0.567. The molecule has 0 atom stereocenters. The summed E-state index contributed by atoms with van der Waals surface area (Å²) in [5.74, 6) is 6.96. The van der Waals surface area contributed by atoms with Crippen molar-refractivity contribution in [3.63, 3.8) is 0 Å². The van der Waals surface area contributed by atoms with Crippen LogP contribution in [0, 0.1) is 0 Å². The molecule has 21 heavy (non-hydrogen) atoms. The van der Waals surface area contributed by atoms with Crippen LogP contribution in [0.4, 0.5) is 5.95 Å². The van der Waals surface area contributed by atoms with Crippen LogP contribution in [0.1, 0.15) is 12.5 Å². The van der Waals surface area contributed by atoms with Crippen LogP contribution in [0.3, 0.4) is 0 Å². The molecule has 3 N–H and O–H groups in total. The molecule has 106 valence electrons. The molecule has 0 fully saturated rings. The summed E-state index contributed by atoms with van der Waals surface area (Å²) in [4.78, 5) is 8.58. The number of aryl methyl sites for hydroxylation is 1. The van der Waals surface area contributed by atoms with E-state index >= 15 is 0 Å². The average Bonchev–Trinajstić information content (AvgIpc) is 2.55. The number of anilines is 1. The van der Waals surface area contributed by atoms with E-state index in [0.717, 1.165) is 23.1 Å². The molecule has 1 aromatic heterocycles. The molecule has 5 nitrogen and oxygen atoms in total. The SMILES string of the molecule is CCc1ccc(Oc2nc(NN)nc3ccccc23)cc1. The molecule has 0 radical (unpaired) electrons. The van der Waals surface area contributed by atoms with Crippen molar-refractivity contribution < 1.29 is 4.74 Å². The van der Waals surface area contributed by atoms with Gasteiger partial charge in [0, 0.05) is 0 Å². The topological polar surface area (TPSA) is 73.1 Å². The Bertz CT molecular complexity index is 756. The van der Waals surface area contributed by atoms with Crippen molar-refractivity contribution in [3.05, 3.63) is 54.1 Å². The highest BCUT2D eigenvalue weighted by molar-refractivity contribution is 5.84. The Morgan fingerprint density at radius 3 is 2.52 bits per heavy atom. The Kier molecular flexibility index (Phi) is 3.66. The first-order valence-corrected chi connectivity index (χ1v) is 6.80. The summed E-state index contributed by atoms with van der Waals surface area (Å²) < 4.78 is 5.89. The smallest absolute Gasteiger partial charge is 0.241 e. The normalized spacial score (nSPS) is 10.6. The molecule has 0 aliphatic heterocycles. The summed E-state index contributed by atoms with van der Waals surface area (Å²) in [7, 11) is 0.